The smallest absolute Gasteiger partial charge is 0.143 e. The number of benzene rings is 9. The lowest BCUT2D eigenvalue weighted by molar-refractivity contribution is 0.666. The summed E-state index contributed by atoms with van der Waals surface area (Å²) >= 11 is 0. The zero-order chi connectivity index (χ0) is 33.1. The van der Waals surface area contributed by atoms with Gasteiger partial charge in [-0.25, -0.2) is 0 Å². The molecule has 1 heteroatoms. The Labute approximate surface area is 290 Å². The Hall–Kier alpha value is -6.18. The van der Waals surface area contributed by atoms with E-state index >= 15 is 0 Å². The molecule has 11 rings (SSSR count). The van der Waals surface area contributed by atoms with Crippen LogP contribution < -0.4 is 0 Å². The van der Waals surface area contributed by atoms with Crippen LogP contribution in [0.4, 0.5) is 0 Å². The molecule has 0 radical (unpaired) electrons. The van der Waals surface area contributed by atoms with Crippen LogP contribution in [0.3, 0.4) is 0 Å². The molecule has 10 aromatic rings. The fourth-order valence-electron chi connectivity index (χ4n) is 9.39. The van der Waals surface area contributed by atoms with E-state index in [-0.39, 0.29) is 5.41 Å². The number of rotatable bonds is 2. The first kappa shape index (κ1) is 27.7. The van der Waals surface area contributed by atoms with Gasteiger partial charge in [0.25, 0.3) is 0 Å². The Bertz CT molecular complexity index is 3010. The van der Waals surface area contributed by atoms with Crippen LogP contribution in [-0.2, 0) is 5.41 Å². The molecule has 0 saturated carbocycles. The van der Waals surface area contributed by atoms with Crippen molar-refractivity contribution in [3.63, 3.8) is 0 Å². The molecule has 9 aromatic carbocycles. The summed E-state index contributed by atoms with van der Waals surface area (Å²) in [5.74, 6) is 0. The maximum absolute atomic E-state index is 6.65. The second-order valence-corrected chi connectivity index (χ2v) is 14.3. The van der Waals surface area contributed by atoms with Crippen LogP contribution in [0, 0.1) is 0 Å². The van der Waals surface area contributed by atoms with Gasteiger partial charge in [-0.2, -0.15) is 0 Å². The quantitative estimate of drug-likeness (QED) is 0.136. The van der Waals surface area contributed by atoms with Crippen molar-refractivity contribution >= 4 is 65.0 Å². The third kappa shape index (κ3) is 3.51. The standard InChI is InChI=1S/C49H32O/c1-49(2)41-27-14-25-39(45(41)46-32-18-5-3-15-29(32)30-16-4-10-23-37(30)47(46)49)43-33-19-6-8-21-35(33)44(36-22-9-7-20-34(36)43)40-26-13-24-38-31-17-11-12-28-42(31)50-48(38)40/h3-28H,1-2H3. The lowest BCUT2D eigenvalue weighted by atomic mass is 9.79. The van der Waals surface area contributed by atoms with E-state index in [1.807, 2.05) is 6.07 Å². The van der Waals surface area contributed by atoms with Gasteiger partial charge in [0.15, 0.2) is 0 Å². The van der Waals surface area contributed by atoms with Crippen LogP contribution in [0.15, 0.2) is 162 Å². The predicted molar refractivity (Wildman–Crippen MR) is 212 cm³/mol. The fraction of sp³-hybridized carbons (Fsp3) is 0.0612. The number of fused-ring (bicyclic) bond motifs is 13. The minimum atomic E-state index is -0.174. The molecule has 0 unspecified atom stereocenters. The van der Waals surface area contributed by atoms with Crippen molar-refractivity contribution in [1.82, 2.24) is 0 Å². The van der Waals surface area contributed by atoms with E-state index in [1.54, 1.807) is 0 Å². The lowest BCUT2D eigenvalue weighted by Crippen LogP contribution is -2.15. The second kappa shape index (κ2) is 9.94. The van der Waals surface area contributed by atoms with E-state index < -0.39 is 0 Å². The van der Waals surface area contributed by atoms with E-state index in [4.69, 9.17) is 4.42 Å². The van der Waals surface area contributed by atoms with Gasteiger partial charge in [-0.1, -0.05) is 166 Å². The van der Waals surface area contributed by atoms with Crippen molar-refractivity contribution in [2.45, 2.75) is 19.3 Å². The topological polar surface area (TPSA) is 13.1 Å². The molecule has 234 valence electrons. The summed E-state index contributed by atoms with van der Waals surface area (Å²) in [6.07, 6.45) is 0. The van der Waals surface area contributed by atoms with Gasteiger partial charge in [-0.3, -0.25) is 0 Å². The number of para-hydroxylation sites is 2. The van der Waals surface area contributed by atoms with Crippen LogP contribution in [0.5, 0.6) is 0 Å². The highest BCUT2D eigenvalue weighted by Gasteiger charge is 2.40. The van der Waals surface area contributed by atoms with Gasteiger partial charge in [-0.15, -0.1) is 0 Å². The van der Waals surface area contributed by atoms with Crippen LogP contribution in [-0.4, -0.2) is 0 Å². The summed E-state index contributed by atoms with van der Waals surface area (Å²) in [6.45, 7) is 4.83. The fourth-order valence-corrected chi connectivity index (χ4v) is 9.39. The first-order valence-corrected chi connectivity index (χ1v) is 17.5. The zero-order valence-corrected chi connectivity index (χ0v) is 27.9. The second-order valence-electron chi connectivity index (χ2n) is 14.3. The molecule has 0 aliphatic heterocycles. The average molecular weight is 637 g/mol. The average Bonchev–Trinajstić information content (AvgIpc) is 3.67. The van der Waals surface area contributed by atoms with Gasteiger partial charge in [0.2, 0.25) is 0 Å². The summed E-state index contributed by atoms with van der Waals surface area (Å²) in [6, 6.07) is 57.9. The molecule has 1 aliphatic rings. The minimum absolute atomic E-state index is 0.174. The summed E-state index contributed by atoms with van der Waals surface area (Å²) in [5.41, 5.74) is 12.1. The molecule has 0 amide bonds. The molecule has 0 saturated heterocycles. The van der Waals surface area contributed by atoms with Crippen molar-refractivity contribution < 1.29 is 4.42 Å². The van der Waals surface area contributed by atoms with Crippen LogP contribution in [0.25, 0.3) is 98.4 Å². The summed E-state index contributed by atoms with van der Waals surface area (Å²) in [4.78, 5) is 0. The van der Waals surface area contributed by atoms with Gasteiger partial charge < -0.3 is 4.42 Å². The monoisotopic (exact) mass is 636 g/mol. The van der Waals surface area contributed by atoms with Crippen molar-refractivity contribution in [3.05, 3.63) is 169 Å². The van der Waals surface area contributed by atoms with Crippen molar-refractivity contribution in [3.8, 4) is 33.4 Å². The number of hydrogen-bond acceptors (Lipinski definition) is 1. The maximum Gasteiger partial charge on any atom is 0.143 e. The summed E-state index contributed by atoms with van der Waals surface area (Å²) < 4.78 is 6.65. The largest absolute Gasteiger partial charge is 0.455 e. The third-order valence-electron chi connectivity index (χ3n) is 11.4. The Morgan fingerprint density at radius 2 is 0.780 bits per heavy atom. The van der Waals surface area contributed by atoms with E-state index in [2.05, 4.69) is 166 Å². The SMILES string of the molecule is CC1(C)c2cccc(-c3c4ccccc4c(-c4cccc5c4oc4ccccc45)c4ccccc34)c2-c2c1c1ccccc1c1ccccc21. The molecule has 1 heterocycles. The van der Waals surface area contributed by atoms with E-state index in [1.165, 1.54) is 82.0 Å². The van der Waals surface area contributed by atoms with Gasteiger partial charge in [0, 0.05) is 27.3 Å². The number of furan rings is 1. The minimum Gasteiger partial charge on any atom is -0.455 e. The zero-order valence-electron chi connectivity index (χ0n) is 27.9. The first-order valence-electron chi connectivity index (χ1n) is 17.5. The highest BCUT2D eigenvalue weighted by molar-refractivity contribution is 6.27. The van der Waals surface area contributed by atoms with Crippen LogP contribution in [0.2, 0.25) is 0 Å². The third-order valence-corrected chi connectivity index (χ3v) is 11.4. The van der Waals surface area contributed by atoms with Gasteiger partial charge in [0.1, 0.15) is 11.2 Å². The lowest BCUT2D eigenvalue weighted by Gasteiger charge is -2.24. The molecule has 0 N–H and O–H groups in total. The molecule has 50 heavy (non-hydrogen) atoms. The summed E-state index contributed by atoms with van der Waals surface area (Å²) in [7, 11) is 0. The Balaban J connectivity index is 1.30. The molecule has 0 atom stereocenters. The Kier molecular flexibility index (Phi) is 5.51. The van der Waals surface area contributed by atoms with Crippen LogP contribution >= 0.6 is 0 Å². The van der Waals surface area contributed by atoms with E-state index in [9.17, 15) is 0 Å². The highest BCUT2D eigenvalue weighted by Crippen LogP contribution is 2.58. The molecule has 0 spiro atoms. The van der Waals surface area contributed by atoms with E-state index in [0.717, 1.165) is 27.5 Å². The number of hydrogen-bond donors (Lipinski definition) is 0. The Morgan fingerprint density at radius 1 is 0.340 bits per heavy atom. The highest BCUT2D eigenvalue weighted by atomic mass is 16.3. The maximum atomic E-state index is 6.65. The molecular weight excluding hydrogens is 605 g/mol. The normalized spacial score (nSPS) is 13.6. The van der Waals surface area contributed by atoms with Crippen molar-refractivity contribution in [1.29, 1.82) is 0 Å². The summed E-state index contributed by atoms with van der Waals surface area (Å²) in [5, 5.41) is 12.6. The van der Waals surface area contributed by atoms with Gasteiger partial charge in [-0.05, 0) is 82.5 Å². The predicted octanol–water partition coefficient (Wildman–Crippen LogP) is 13.8. The van der Waals surface area contributed by atoms with Crippen LogP contribution in [0.1, 0.15) is 25.0 Å². The van der Waals surface area contributed by atoms with E-state index in [0.29, 0.717) is 0 Å². The molecule has 1 aliphatic carbocycles. The molecule has 0 bridgehead atoms. The van der Waals surface area contributed by atoms with Gasteiger partial charge >= 0.3 is 0 Å². The Morgan fingerprint density at radius 3 is 1.42 bits per heavy atom. The van der Waals surface area contributed by atoms with Crippen molar-refractivity contribution in [2.75, 3.05) is 0 Å². The molecule has 1 nitrogen and oxygen atoms in total. The van der Waals surface area contributed by atoms with Crippen molar-refractivity contribution in [2.24, 2.45) is 0 Å². The molecule has 1 aromatic heterocycles. The molecule has 0 fully saturated rings. The first-order chi connectivity index (χ1) is 24.6. The van der Waals surface area contributed by atoms with Gasteiger partial charge in [0.05, 0.1) is 0 Å². The molecular formula is C49H32O.